The number of ether oxygens (including phenoxy) is 1. The van der Waals surface area contributed by atoms with Gasteiger partial charge in [-0.05, 0) is 60.9 Å². The van der Waals surface area contributed by atoms with Crippen LogP contribution in [0.15, 0.2) is 65.7 Å². The van der Waals surface area contributed by atoms with Gasteiger partial charge >= 0.3 is 5.97 Å². The van der Waals surface area contributed by atoms with E-state index in [1.807, 2.05) is 19.1 Å². The summed E-state index contributed by atoms with van der Waals surface area (Å²) in [6, 6.07) is 21.4. The average molecular weight is 486 g/mol. The molecule has 1 aromatic heterocycles. The molecule has 7 heteroatoms. The van der Waals surface area contributed by atoms with E-state index in [0.717, 1.165) is 30.5 Å². The Bertz CT molecular complexity index is 1270. The fourth-order valence-electron chi connectivity index (χ4n) is 4.38. The van der Waals surface area contributed by atoms with E-state index in [0.29, 0.717) is 34.2 Å². The minimum Gasteiger partial charge on any atom is -0.465 e. The van der Waals surface area contributed by atoms with Gasteiger partial charge < -0.3 is 10.1 Å². The van der Waals surface area contributed by atoms with E-state index in [2.05, 4.69) is 35.7 Å². The third-order valence-corrected chi connectivity index (χ3v) is 7.62. The lowest BCUT2D eigenvalue weighted by Gasteiger charge is -2.25. The van der Waals surface area contributed by atoms with Gasteiger partial charge in [0, 0.05) is 5.69 Å². The van der Waals surface area contributed by atoms with Gasteiger partial charge in [0.2, 0.25) is 5.91 Å². The highest BCUT2D eigenvalue weighted by Crippen LogP contribution is 2.36. The van der Waals surface area contributed by atoms with Gasteiger partial charge in [0.1, 0.15) is 11.1 Å². The van der Waals surface area contributed by atoms with Crippen molar-refractivity contribution in [2.75, 3.05) is 12.4 Å². The van der Waals surface area contributed by atoms with Gasteiger partial charge in [0.25, 0.3) is 0 Å². The molecule has 0 aliphatic heterocycles. The number of nitriles is 1. The van der Waals surface area contributed by atoms with Crippen LogP contribution >= 0.6 is 11.8 Å². The quantitative estimate of drug-likeness (QED) is 0.350. The van der Waals surface area contributed by atoms with Crippen LogP contribution in [0.2, 0.25) is 0 Å². The SMILES string of the molecule is CCC(Sc1nc2c(cc1C#N)CC(c1ccccc1)CC2)C(=O)Nc1ccccc1C(=O)OC. The highest BCUT2D eigenvalue weighted by Gasteiger charge is 2.26. The Morgan fingerprint density at radius 3 is 2.66 bits per heavy atom. The standard InChI is InChI=1S/C28H27N3O3S/c1-3-25(26(32)30-24-12-8-7-11-22(24)28(33)34-2)35-27-21(17-29)16-20-15-19(13-14-23(20)31-27)18-9-5-4-6-10-18/h4-12,16,19,25H,3,13-15H2,1-2H3,(H,30,32). The summed E-state index contributed by atoms with van der Waals surface area (Å²) < 4.78 is 4.82. The zero-order chi connectivity index (χ0) is 24.8. The van der Waals surface area contributed by atoms with E-state index in [-0.39, 0.29) is 5.91 Å². The van der Waals surface area contributed by atoms with Gasteiger partial charge in [-0.3, -0.25) is 4.79 Å². The molecule has 1 aliphatic rings. The van der Waals surface area contributed by atoms with Crippen molar-refractivity contribution >= 4 is 29.3 Å². The lowest BCUT2D eigenvalue weighted by atomic mass is 9.82. The second-order valence-electron chi connectivity index (χ2n) is 8.45. The summed E-state index contributed by atoms with van der Waals surface area (Å²) in [7, 11) is 1.30. The number of thioether (sulfide) groups is 1. The second-order valence-corrected chi connectivity index (χ2v) is 9.64. The number of aryl methyl sites for hydroxylation is 1. The van der Waals surface area contributed by atoms with E-state index in [4.69, 9.17) is 9.72 Å². The van der Waals surface area contributed by atoms with Gasteiger partial charge in [0.15, 0.2) is 0 Å². The van der Waals surface area contributed by atoms with E-state index in [1.165, 1.54) is 24.4 Å². The van der Waals surface area contributed by atoms with Gasteiger partial charge in [-0.25, -0.2) is 9.78 Å². The highest BCUT2D eigenvalue weighted by atomic mass is 32.2. The smallest absolute Gasteiger partial charge is 0.339 e. The largest absolute Gasteiger partial charge is 0.465 e. The van der Waals surface area contributed by atoms with Crippen molar-refractivity contribution in [1.82, 2.24) is 4.98 Å². The van der Waals surface area contributed by atoms with Gasteiger partial charge in [-0.1, -0.05) is 61.2 Å². The van der Waals surface area contributed by atoms with Gasteiger partial charge in [0.05, 0.1) is 29.2 Å². The van der Waals surface area contributed by atoms with E-state index >= 15 is 0 Å². The number of fused-ring (bicyclic) bond motifs is 1. The van der Waals surface area contributed by atoms with E-state index in [1.54, 1.807) is 24.3 Å². The fraction of sp³-hybridized carbons (Fsp3) is 0.286. The number of nitrogens with one attached hydrogen (secondary N) is 1. The maximum Gasteiger partial charge on any atom is 0.339 e. The van der Waals surface area contributed by atoms with Gasteiger partial charge in [-0.15, -0.1) is 0 Å². The molecule has 178 valence electrons. The third kappa shape index (κ3) is 5.55. The maximum atomic E-state index is 13.1. The molecule has 1 aliphatic carbocycles. The number of carbonyl (C=O) groups is 2. The molecule has 4 rings (SSSR count). The third-order valence-electron chi connectivity index (χ3n) is 6.25. The van der Waals surface area contributed by atoms with Crippen LogP contribution in [0.1, 0.15) is 58.4 Å². The molecule has 2 atom stereocenters. The van der Waals surface area contributed by atoms with Crippen molar-refractivity contribution in [2.24, 2.45) is 0 Å². The Kier molecular flexibility index (Phi) is 7.84. The molecular weight excluding hydrogens is 458 g/mol. The van der Waals surface area contributed by atoms with Crippen LogP contribution in [0.25, 0.3) is 0 Å². The normalized spacial score (nSPS) is 15.4. The molecule has 0 spiro atoms. The first-order valence-electron chi connectivity index (χ1n) is 11.7. The number of benzene rings is 2. The van der Waals surface area contributed by atoms with Crippen LogP contribution in [0, 0.1) is 11.3 Å². The number of carbonyl (C=O) groups excluding carboxylic acids is 2. The summed E-state index contributed by atoms with van der Waals surface area (Å²) in [5, 5.41) is 12.8. The summed E-state index contributed by atoms with van der Waals surface area (Å²) in [6.07, 6.45) is 3.23. The van der Waals surface area contributed by atoms with Crippen LogP contribution in [-0.2, 0) is 22.4 Å². The zero-order valence-corrected chi connectivity index (χ0v) is 20.6. The predicted octanol–water partition coefficient (Wildman–Crippen LogP) is 5.52. The Morgan fingerprint density at radius 1 is 1.20 bits per heavy atom. The molecule has 2 unspecified atom stereocenters. The summed E-state index contributed by atoms with van der Waals surface area (Å²) >= 11 is 1.30. The number of methoxy groups -OCH3 is 1. The Morgan fingerprint density at radius 2 is 1.94 bits per heavy atom. The lowest BCUT2D eigenvalue weighted by Crippen LogP contribution is -2.26. The summed E-state index contributed by atoms with van der Waals surface area (Å²) in [6.45, 7) is 1.92. The van der Waals surface area contributed by atoms with Crippen molar-refractivity contribution in [2.45, 2.75) is 48.8 Å². The first-order chi connectivity index (χ1) is 17.0. The summed E-state index contributed by atoms with van der Waals surface area (Å²) in [4.78, 5) is 30.0. The van der Waals surface area contributed by atoms with Crippen LogP contribution in [0.4, 0.5) is 5.69 Å². The molecule has 2 aromatic carbocycles. The number of pyridine rings is 1. The van der Waals surface area contributed by atoms with Crippen LogP contribution in [0.5, 0.6) is 0 Å². The number of hydrogen-bond acceptors (Lipinski definition) is 6. The second kappa shape index (κ2) is 11.2. The molecule has 0 bridgehead atoms. The molecule has 6 nitrogen and oxygen atoms in total. The number of para-hydroxylation sites is 1. The highest BCUT2D eigenvalue weighted by molar-refractivity contribution is 8.00. The molecule has 1 heterocycles. The van der Waals surface area contributed by atoms with Crippen molar-refractivity contribution in [3.8, 4) is 6.07 Å². The summed E-state index contributed by atoms with van der Waals surface area (Å²) in [5.41, 5.74) is 4.60. The molecule has 3 aromatic rings. The molecular formula is C28H27N3O3S. The number of anilines is 1. The zero-order valence-electron chi connectivity index (χ0n) is 19.8. The number of esters is 1. The topological polar surface area (TPSA) is 92.1 Å². The number of amides is 1. The molecule has 0 saturated heterocycles. The molecule has 35 heavy (non-hydrogen) atoms. The number of nitrogens with zero attached hydrogens (tertiary/aromatic N) is 2. The van der Waals surface area contributed by atoms with Crippen molar-refractivity contribution in [3.05, 3.63) is 88.6 Å². The molecule has 1 amide bonds. The average Bonchev–Trinajstić information content (AvgIpc) is 2.91. The van der Waals surface area contributed by atoms with E-state index < -0.39 is 11.2 Å². The Balaban J connectivity index is 1.53. The minimum atomic E-state index is -0.515. The Hall–Kier alpha value is -3.63. The first kappa shape index (κ1) is 24.5. The first-order valence-corrected chi connectivity index (χ1v) is 12.5. The minimum absolute atomic E-state index is 0.249. The number of aromatic nitrogens is 1. The van der Waals surface area contributed by atoms with Crippen LogP contribution in [-0.4, -0.2) is 29.2 Å². The molecule has 0 saturated carbocycles. The summed E-state index contributed by atoms with van der Waals surface area (Å²) in [5.74, 6) is -0.348. The van der Waals surface area contributed by atoms with Crippen LogP contribution in [0.3, 0.4) is 0 Å². The lowest BCUT2D eigenvalue weighted by molar-refractivity contribution is -0.115. The van der Waals surface area contributed by atoms with Gasteiger partial charge in [-0.2, -0.15) is 5.26 Å². The number of hydrogen-bond donors (Lipinski definition) is 1. The molecule has 1 N–H and O–H groups in total. The molecule has 0 fully saturated rings. The van der Waals surface area contributed by atoms with Crippen molar-refractivity contribution in [3.63, 3.8) is 0 Å². The van der Waals surface area contributed by atoms with Crippen molar-refractivity contribution in [1.29, 1.82) is 5.26 Å². The fourth-order valence-corrected chi connectivity index (χ4v) is 5.37. The monoisotopic (exact) mass is 485 g/mol. The van der Waals surface area contributed by atoms with Crippen molar-refractivity contribution < 1.29 is 14.3 Å². The maximum absolute atomic E-state index is 13.1. The number of rotatable bonds is 7. The predicted molar refractivity (Wildman–Crippen MR) is 137 cm³/mol. The molecule has 0 radical (unpaired) electrons. The Labute approximate surface area is 209 Å². The van der Waals surface area contributed by atoms with Crippen LogP contribution < -0.4 is 5.32 Å². The van der Waals surface area contributed by atoms with E-state index in [9.17, 15) is 14.9 Å².